The fourth-order valence-electron chi connectivity index (χ4n) is 3.83. The minimum atomic E-state index is -0.715. The molecule has 4 nitrogen and oxygen atoms in total. The molecule has 0 bridgehead atoms. The third-order valence-corrected chi connectivity index (χ3v) is 5.32. The second-order valence-corrected chi connectivity index (χ2v) is 7.29. The maximum atomic E-state index is 10.5. The molecule has 4 heteroatoms. The minimum absolute atomic E-state index is 0.194. The summed E-state index contributed by atoms with van der Waals surface area (Å²) in [6.45, 7) is 2.15. The molecule has 0 aromatic heterocycles. The number of carboxylic acid groups (broad SMARTS) is 1. The molecule has 1 aliphatic carbocycles. The fraction of sp³-hybridized carbons (Fsp3) is 0.850. The van der Waals surface area contributed by atoms with Gasteiger partial charge in [-0.1, -0.05) is 32.6 Å². The Labute approximate surface area is 147 Å². The van der Waals surface area contributed by atoms with Crippen molar-refractivity contribution in [1.82, 2.24) is 0 Å². The number of aliphatic carboxylic acids is 1. The van der Waals surface area contributed by atoms with Crippen molar-refractivity contribution in [3.05, 3.63) is 11.8 Å². The summed E-state index contributed by atoms with van der Waals surface area (Å²) >= 11 is 0. The average molecular weight is 341 g/mol. The molecule has 24 heavy (non-hydrogen) atoms. The maximum absolute atomic E-state index is 10.5. The molecule has 140 valence electrons. The van der Waals surface area contributed by atoms with E-state index in [1.807, 2.05) is 6.08 Å². The topological polar surface area (TPSA) is 77.8 Å². The van der Waals surface area contributed by atoms with E-state index in [0.29, 0.717) is 17.6 Å². The summed E-state index contributed by atoms with van der Waals surface area (Å²) in [6.07, 6.45) is 13.7. The van der Waals surface area contributed by atoms with E-state index in [4.69, 9.17) is 5.11 Å². The highest BCUT2D eigenvalue weighted by Crippen LogP contribution is 2.39. The van der Waals surface area contributed by atoms with E-state index in [1.165, 1.54) is 0 Å². The number of carboxylic acids is 1. The van der Waals surface area contributed by atoms with Gasteiger partial charge < -0.3 is 15.3 Å². The van der Waals surface area contributed by atoms with Crippen molar-refractivity contribution in [3.8, 4) is 0 Å². The normalized spacial score (nSPS) is 24.4. The van der Waals surface area contributed by atoms with Crippen LogP contribution in [0.15, 0.2) is 11.8 Å². The van der Waals surface area contributed by atoms with Crippen molar-refractivity contribution < 1.29 is 20.1 Å². The Morgan fingerprint density at radius 3 is 2.46 bits per heavy atom. The van der Waals surface area contributed by atoms with Gasteiger partial charge in [0.25, 0.3) is 0 Å². The van der Waals surface area contributed by atoms with Crippen LogP contribution in [0.2, 0.25) is 0 Å². The predicted octanol–water partition coefficient (Wildman–Crippen LogP) is 5.21. The smallest absolute Gasteiger partial charge is 0.303 e. The molecule has 0 spiro atoms. The lowest BCUT2D eigenvalue weighted by Crippen LogP contribution is -2.19. The minimum Gasteiger partial charge on any atom is -0.513 e. The van der Waals surface area contributed by atoms with Gasteiger partial charge in [0.1, 0.15) is 0 Å². The molecule has 1 rings (SSSR count). The summed E-state index contributed by atoms with van der Waals surface area (Å²) in [6, 6.07) is 0. The van der Waals surface area contributed by atoms with Crippen molar-refractivity contribution >= 4 is 5.97 Å². The van der Waals surface area contributed by atoms with Gasteiger partial charge in [-0.05, 0) is 62.9 Å². The van der Waals surface area contributed by atoms with Crippen LogP contribution < -0.4 is 0 Å². The van der Waals surface area contributed by atoms with Crippen molar-refractivity contribution in [2.24, 2.45) is 11.8 Å². The number of hydrogen-bond donors (Lipinski definition) is 3. The van der Waals surface area contributed by atoms with E-state index in [1.54, 1.807) is 0 Å². The van der Waals surface area contributed by atoms with Crippen LogP contribution in [0.5, 0.6) is 0 Å². The van der Waals surface area contributed by atoms with Crippen LogP contribution in [0.25, 0.3) is 0 Å². The van der Waals surface area contributed by atoms with Crippen LogP contribution in [0.1, 0.15) is 90.4 Å². The summed E-state index contributed by atoms with van der Waals surface area (Å²) < 4.78 is 0. The number of rotatable bonds is 13. The lowest BCUT2D eigenvalue weighted by atomic mass is 9.86. The van der Waals surface area contributed by atoms with Gasteiger partial charge in [-0.25, -0.2) is 0 Å². The second kappa shape index (κ2) is 12.3. The standard InChI is InChI=1S/C20H36O4/c1-2-3-6-9-17(21)14-12-16-13-15-19(22)18(16)10-7-4-5-8-11-20(23)24/h9,16,18-19,21-22H,2-8,10-15H2,1H3,(H,23,24)/t16-,18+,19?/m0/s1. The highest BCUT2D eigenvalue weighted by Gasteiger charge is 2.33. The zero-order valence-electron chi connectivity index (χ0n) is 15.3. The molecule has 1 aliphatic rings. The number of hydrogen-bond acceptors (Lipinski definition) is 3. The van der Waals surface area contributed by atoms with Crippen LogP contribution in [-0.2, 0) is 4.79 Å². The van der Waals surface area contributed by atoms with Gasteiger partial charge in [0, 0.05) is 12.8 Å². The molecule has 1 fully saturated rings. The van der Waals surface area contributed by atoms with E-state index in [2.05, 4.69) is 6.92 Å². The molecule has 0 amide bonds. The molecule has 0 aliphatic heterocycles. The molecule has 0 aromatic rings. The van der Waals surface area contributed by atoms with Gasteiger partial charge in [0.2, 0.25) is 0 Å². The van der Waals surface area contributed by atoms with Crippen molar-refractivity contribution in [2.75, 3.05) is 0 Å². The molecule has 0 saturated heterocycles. The Hall–Kier alpha value is -1.03. The van der Waals surface area contributed by atoms with E-state index in [9.17, 15) is 15.0 Å². The van der Waals surface area contributed by atoms with Gasteiger partial charge in [-0.3, -0.25) is 4.79 Å². The molecule has 0 aromatic carbocycles. The second-order valence-electron chi connectivity index (χ2n) is 7.29. The number of carbonyl (C=O) groups is 1. The first kappa shape index (κ1) is 21.0. The highest BCUT2D eigenvalue weighted by atomic mass is 16.4. The Kier molecular flexibility index (Phi) is 10.8. The largest absolute Gasteiger partial charge is 0.513 e. The predicted molar refractivity (Wildman–Crippen MR) is 97.0 cm³/mol. The first-order chi connectivity index (χ1) is 11.5. The molecule has 1 saturated carbocycles. The molecule has 0 heterocycles. The van der Waals surface area contributed by atoms with Crippen molar-refractivity contribution in [2.45, 2.75) is 96.5 Å². The Morgan fingerprint density at radius 2 is 1.75 bits per heavy atom. The van der Waals surface area contributed by atoms with E-state index < -0.39 is 5.97 Å². The zero-order chi connectivity index (χ0) is 17.8. The fourth-order valence-corrected chi connectivity index (χ4v) is 3.83. The van der Waals surface area contributed by atoms with Crippen LogP contribution in [0, 0.1) is 11.8 Å². The van der Waals surface area contributed by atoms with E-state index in [-0.39, 0.29) is 12.5 Å². The van der Waals surface area contributed by atoms with Crippen molar-refractivity contribution in [3.63, 3.8) is 0 Å². The zero-order valence-corrected chi connectivity index (χ0v) is 15.3. The number of unbranched alkanes of at least 4 members (excludes halogenated alkanes) is 5. The Bertz CT molecular complexity index is 378. The first-order valence-corrected chi connectivity index (χ1v) is 9.82. The first-order valence-electron chi connectivity index (χ1n) is 9.82. The average Bonchev–Trinajstić information content (AvgIpc) is 2.89. The van der Waals surface area contributed by atoms with Crippen LogP contribution in [0.3, 0.4) is 0 Å². The molecular formula is C20H36O4. The summed E-state index contributed by atoms with van der Waals surface area (Å²) in [4.78, 5) is 10.5. The molecular weight excluding hydrogens is 304 g/mol. The molecule has 3 atom stereocenters. The van der Waals surface area contributed by atoms with Gasteiger partial charge in [0.15, 0.2) is 0 Å². The Morgan fingerprint density at radius 1 is 1.00 bits per heavy atom. The van der Waals surface area contributed by atoms with Gasteiger partial charge in [-0.2, -0.15) is 0 Å². The Balaban J connectivity index is 2.24. The maximum Gasteiger partial charge on any atom is 0.303 e. The number of allylic oxidation sites excluding steroid dienone is 2. The van der Waals surface area contributed by atoms with E-state index in [0.717, 1.165) is 77.0 Å². The highest BCUT2D eigenvalue weighted by molar-refractivity contribution is 5.66. The number of aliphatic hydroxyl groups is 2. The van der Waals surface area contributed by atoms with Gasteiger partial charge >= 0.3 is 5.97 Å². The van der Waals surface area contributed by atoms with Crippen LogP contribution in [-0.4, -0.2) is 27.4 Å². The molecule has 0 radical (unpaired) electrons. The summed E-state index contributed by atoms with van der Waals surface area (Å²) in [7, 11) is 0. The van der Waals surface area contributed by atoms with Gasteiger partial charge in [-0.15, -0.1) is 0 Å². The van der Waals surface area contributed by atoms with Crippen molar-refractivity contribution in [1.29, 1.82) is 0 Å². The molecule has 3 N–H and O–H groups in total. The number of aliphatic hydroxyl groups excluding tert-OH is 2. The lowest BCUT2D eigenvalue weighted by molar-refractivity contribution is -0.137. The van der Waals surface area contributed by atoms with Gasteiger partial charge in [0.05, 0.1) is 11.9 Å². The van der Waals surface area contributed by atoms with Crippen LogP contribution >= 0.6 is 0 Å². The lowest BCUT2D eigenvalue weighted by Gasteiger charge is -2.22. The third-order valence-electron chi connectivity index (χ3n) is 5.32. The van der Waals surface area contributed by atoms with Crippen LogP contribution in [0.4, 0.5) is 0 Å². The SMILES string of the molecule is CCCCC=C(O)CC[C@H]1CCC(O)[C@@H]1CCCCCCC(=O)O. The van der Waals surface area contributed by atoms with E-state index >= 15 is 0 Å². The summed E-state index contributed by atoms with van der Waals surface area (Å²) in [5.41, 5.74) is 0. The molecule has 1 unspecified atom stereocenters. The summed E-state index contributed by atoms with van der Waals surface area (Å²) in [5.74, 6) is 0.666. The summed E-state index contributed by atoms with van der Waals surface area (Å²) in [5, 5.41) is 28.8. The third kappa shape index (κ3) is 8.72. The quantitative estimate of drug-likeness (QED) is 0.318. The monoisotopic (exact) mass is 340 g/mol.